The summed E-state index contributed by atoms with van der Waals surface area (Å²) < 4.78 is 0. The van der Waals surface area contributed by atoms with Gasteiger partial charge in [-0.05, 0) is 42.2 Å². The first-order valence-corrected chi connectivity index (χ1v) is 9.18. The van der Waals surface area contributed by atoms with Crippen molar-refractivity contribution in [3.05, 3.63) is 22.4 Å². The van der Waals surface area contributed by atoms with E-state index in [-0.39, 0.29) is 11.5 Å². The van der Waals surface area contributed by atoms with Crippen LogP contribution < -0.4 is 5.32 Å². The molecule has 2 unspecified atom stereocenters. The van der Waals surface area contributed by atoms with Crippen molar-refractivity contribution in [1.82, 2.24) is 10.2 Å². The molecular formula is C17H29N3OS. The molecule has 1 aliphatic rings. The zero-order valence-electron chi connectivity index (χ0n) is 14.0. The second kappa shape index (κ2) is 7.97. The number of nitrogens with zero attached hydrogens (tertiary/aromatic N) is 2. The number of nitrogens with one attached hydrogen (secondary N) is 1. The van der Waals surface area contributed by atoms with E-state index in [9.17, 15) is 5.11 Å². The fourth-order valence-electron chi connectivity index (χ4n) is 3.02. The first-order valence-electron chi connectivity index (χ1n) is 8.24. The summed E-state index contributed by atoms with van der Waals surface area (Å²) in [4.78, 5) is 6.97. The van der Waals surface area contributed by atoms with E-state index in [2.05, 4.69) is 47.9 Å². The molecule has 0 amide bonds. The smallest absolute Gasteiger partial charge is 0.193 e. The molecule has 5 heteroatoms. The quantitative estimate of drug-likeness (QED) is 0.647. The van der Waals surface area contributed by atoms with E-state index < -0.39 is 0 Å². The van der Waals surface area contributed by atoms with Crippen molar-refractivity contribution in [2.75, 3.05) is 20.1 Å². The molecule has 1 fully saturated rings. The molecule has 0 spiro atoms. The summed E-state index contributed by atoms with van der Waals surface area (Å²) in [6.45, 7) is 6.65. The van der Waals surface area contributed by atoms with Crippen LogP contribution in [0.1, 0.15) is 45.1 Å². The van der Waals surface area contributed by atoms with Crippen molar-refractivity contribution in [2.24, 2.45) is 10.4 Å². The fourth-order valence-corrected chi connectivity index (χ4v) is 3.68. The second-order valence-corrected chi connectivity index (χ2v) is 7.35. The Balaban J connectivity index is 2.02. The molecule has 22 heavy (non-hydrogen) atoms. The number of thiophene rings is 1. The minimum absolute atomic E-state index is 0.0812. The van der Waals surface area contributed by atoms with Crippen molar-refractivity contribution >= 4 is 17.3 Å². The summed E-state index contributed by atoms with van der Waals surface area (Å²) in [5, 5.41) is 18.0. The van der Waals surface area contributed by atoms with Gasteiger partial charge >= 0.3 is 0 Å². The highest BCUT2D eigenvalue weighted by Gasteiger charge is 2.35. The summed E-state index contributed by atoms with van der Waals surface area (Å²) in [7, 11) is 2.07. The molecule has 0 radical (unpaired) electrons. The first kappa shape index (κ1) is 17.3. The van der Waals surface area contributed by atoms with Crippen molar-refractivity contribution in [2.45, 2.75) is 52.2 Å². The van der Waals surface area contributed by atoms with E-state index >= 15 is 0 Å². The van der Waals surface area contributed by atoms with Crippen LogP contribution >= 0.6 is 11.3 Å². The van der Waals surface area contributed by atoms with Crippen LogP contribution in [0.2, 0.25) is 0 Å². The number of guanidine groups is 1. The predicted molar refractivity (Wildman–Crippen MR) is 94.3 cm³/mol. The lowest BCUT2D eigenvalue weighted by Crippen LogP contribution is -2.42. The Morgan fingerprint density at radius 3 is 3.00 bits per heavy atom. The molecule has 1 saturated carbocycles. The average Bonchev–Trinajstić information content (AvgIpc) is 2.99. The maximum absolute atomic E-state index is 10.3. The normalized spacial score (nSPS) is 26.0. The summed E-state index contributed by atoms with van der Waals surface area (Å²) in [5.74, 6) is 0.924. The van der Waals surface area contributed by atoms with Gasteiger partial charge in [0.25, 0.3) is 0 Å². The lowest BCUT2D eigenvalue weighted by molar-refractivity contribution is 0.00705. The van der Waals surface area contributed by atoms with Crippen LogP contribution in [0.5, 0.6) is 0 Å². The minimum atomic E-state index is -0.227. The van der Waals surface area contributed by atoms with E-state index in [4.69, 9.17) is 4.99 Å². The zero-order chi connectivity index (χ0) is 16.0. The van der Waals surface area contributed by atoms with Gasteiger partial charge < -0.3 is 15.3 Å². The van der Waals surface area contributed by atoms with Gasteiger partial charge in [0.2, 0.25) is 0 Å². The van der Waals surface area contributed by atoms with Crippen LogP contribution in [0.4, 0.5) is 0 Å². The number of aliphatic hydroxyl groups is 1. The lowest BCUT2D eigenvalue weighted by Gasteiger charge is -2.37. The van der Waals surface area contributed by atoms with Gasteiger partial charge in [-0.3, -0.25) is 4.99 Å². The van der Waals surface area contributed by atoms with Crippen LogP contribution in [0, 0.1) is 5.41 Å². The Bertz CT molecular complexity index is 474. The van der Waals surface area contributed by atoms with E-state index in [0.29, 0.717) is 6.54 Å². The summed E-state index contributed by atoms with van der Waals surface area (Å²) >= 11 is 1.72. The van der Waals surface area contributed by atoms with Crippen molar-refractivity contribution < 1.29 is 5.11 Å². The maximum atomic E-state index is 10.3. The fraction of sp³-hybridized carbons (Fsp3) is 0.706. The third kappa shape index (κ3) is 4.46. The van der Waals surface area contributed by atoms with Crippen LogP contribution in [0.15, 0.2) is 21.8 Å². The van der Waals surface area contributed by atoms with E-state index in [1.807, 2.05) is 0 Å². The molecule has 0 aliphatic heterocycles. The van der Waals surface area contributed by atoms with Crippen LogP contribution in [-0.4, -0.2) is 42.2 Å². The molecule has 1 aromatic rings. The Labute approximate surface area is 138 Å². The van der Waals surface area contributed by atoms with Gasteiger partial charge in [-0.1, -0.05) is 19.8 Å². The first-order chi connectivity index (χ1) is 10.5. The second-order valence-electron chi connectivity index (χ2n) is 6.57. The molecule has 0 saturated heterocycles. The van der Waals surface area contributed by atoms with Crippen molar-refractivity contribution in [3.8, 4) is 0 Å². The molecule has 1 heterocycles. The Morgan fingerprint density at radius 2 is 2.36 bits per heavy atom. The molecule has 0 aromatic carbocycles. The molecule has 0 bridgehead atoms. The van der Waals surface area contributed by atoms with Gasteiger partial charge in [0.15, 0.2) is 5.96 Å². The minimum Gasteiger partial charge on any atom is -0.392 e. The van der Waals surface area contributed by atoms with Crippen LogP contribution in [0.3, 0.4) is 0 Å². The molecule has 2 N–H and O–H groups in total. The van der Waals surface area contributed by atoms with Gasteiger partial charge in [-0.2, -0.15) is 11.3 Å². The summed E-state index contributed by atoms with van der Waals surface area (Å²) in [6, 6.07) is 2.15. The Kier molecular flexibility index (Phi) is 6.26. The van der Waals surface area contributed by atoms with E-state index in [1.54, 1.807) is 11.3 Å². The molecule has 124 valence electrons. The third-order valence-electron chi connectivity index (χ3n) is 4.57. The van der Waals surface area contributed by atoms with Gasteiger partial charge in [-0.25, -0.2) is 0 Å². The van der Waals surface area contributed by atoms with Crippen molar-refractivity contribution in [3.63, 3.8) is 0 Å². The van der Waals surface area contributed by atoms with Crippen LogP contribution in [-0.2, 0) is 6.54 Å². The Hall–Kier alpha value is -1.07. The third-order valence-corrected chi connectivity index (χ3v) is 5.30. The van der Waals surface area contributed by atoms with Gasteiger partial charge in [0.05, 0.1) is 12.6 Å². The van der Waals surface area contributed by atoms with Crippen LogP contribution in [0.25, 0.3) is 0 Å². The highest BCUT2D eigenvalue weighted by Crippen LogP contribution is 2.36. The monoisotopic (exact) mass is 323 g/mol. The number of rotatable bonds is 5. The number of hydrogen-bond acceptors (Lipinski definition) is 3. The molecule has 2 rings (SSSR count). The topological polar surface area (TPSA) is 47.9 Å². The van der Waals surface area contributed by atoms with E-state index in [0.717, 1.165) is 38.3 Å². The molecule has 1 aromatic heterocycles. The molecule has 4 nitrogen and oxygen atoms in total. The van der Waals surface area contributed by atoms with Gasteiger partial charge in [0.1, 0.15) is 0 Å². The highest BCUT2D eigenvalue weighted by atomic mass is 32.1. The highest BCUT2D eigenvalue weighted by molar-refractivity contribution is 7.07. The lowest BCUT2D eigenvalue weighted by atomic mass is 9.73. The molecular weight excluding hydrogens is 294 g/mol. The van der Waals surface area contributed by atoms with E-state index in [1.165, 1.54) is 12.0 Å². The largest absolute Gasteiger partial charge is 0.392 e. The summed E-state index contributed by atoms with van der Waals surface area (Å²) in [5.41, 5.74) is 1.23. The predicted octanol–water partition coefficient (Wildman–Crippen LogP) is 3.09. The van der Waals surface area contributed by atoms with Crippen molar-refractivity contribution in [1.29, 1.82) is 0 Å². The standard InChI is InChI=1S/C17H29N3OS/c1-4-18-16(20(3)11-14-8-10-22-12-14)19-13-17(2)9-6-5-7-15(17)21/h8,10,12,15,21H,4-7,9,11,13H2,1-3H3,(H,18,19). The van der Waals surface area contributed by atoms with Gasteiger partial charge in [-0.15, -0.1) is 0 Å². The molecule has 1 aliphatic carbocycles. The number of aliphatic hydroxyl groups excluding tert-OH is 1. The maximum Gasteiger partial charge on any atom is 0.193 e. The molecule has 2 atom stereocenters. The number of hydrogen-bond donors (Lipinski definition) is 2. The Morgan fingerprint density at radius 1 is 1.55 bits per heavy atom. The number of aliphatic imine (C=N–C) groups is 1. The SMILES string of the molecule is CCNC(=NCC1(C)CCCCC1O)N(C)Cc1ccsc1. The average molecular weight is 324 g/mol. The zero-order valence-corrected chi connectivity index (χ0v) is 14.8. The summed E-state index contributed by atoms with van der Waals surface area (Å²) in [6.07, 6.45) is 4.08. The van der Waals surface area contributed by atoms with Gasteiger partial charge in [0, 0.05) is 25.6 Å².